The van der Waals surface area contributed by atoms with Crippen LogP contribution < -0.4 is 11.1 Å². The Bertz CT molecular complexity index is 665. The Morgan fingerprint density at radius 1 is 1.14 bits per heavy atom. The smallest absolute Gasteiger partial charge is 0.399 e. The largest absolute Gasteiger partial charge is 0.418 e. The molecule has 3 rings (SSSR count). The second-order valence-electron chi connectivity index (χ2n) is 5.28. The summed E-state index contributed by atoms with van der Waals surface area (Å²) in [5.41, 5.74) is 7.43. The molecule has 1 aliphatic rings. The van der Waals surface area contributed by atoms with E-state index in [0.29, 0.717) is 6.54 Å². The Morgan fingerprint density at radius 3 is 2.62 bits per heavy atom. The molecular weight excluding hydrogens is 277 g/mol. The van der Waals surface area contributed by atoms with Crippen LogP contribution in [-0.4, -0.2) is 6.54 Å². The topological polar surface area (TPSA) is 38.0 Å². The van der Waals surface area contributed by atoms with Crippen LogP contribution in [0.25, 0.3) is 0 Å². The fourth-order valence-corrected chi connectivity index (χ4v) is 2.73. The molecule has 1 aliphatic carbocycles. The van der Waals surface area contributed by atoms with Gasteiger partial charge in [-0.25, -0.2) is 0 Å². The van der Waals surface area contributed by atoms with Crippen molar-refractivity contribution < 1.29 is 13.2 Å². The van der Waals surface area contributed by atoms with Crippen LogP contribution in [-0.2, 0) is 12.6 Å². The third kappa shape index (κ3) is 2.68. The molecule has 0 heterocycles. The summed E-state index contributed by atoms with van der Waals surface area (Å²) in [6.45, 7) is 0.490. The van der Waals surface area contributed by atoms with Gasteiger partial charge in [-0.15, -0.1) is 0 Å². The minimum atomic E-state index is -4.41. The van der Waals surface area contributed by atoms with E-state index in [1.54, 1.807) is 0 Å². The third-order valence-corrected chi connectivity index (χ3v) is 3.85. The molecule has 0 saturated carbocycles. The van der Waals surface area contributed by atoms with Crippen LogP contribution in [0.2, 0.25) is 0 Å². The van der Waals surface area contributed by atoms with Crippen molar-refractivity contribution in [3.63, 3.8) is 0 Å². The monoisotopic (exact) mass is 292 g/mol. The van der Waals surface area contributed by atoms with Crippen LogP contribution in [0.5, 0.6) is 0 Å². The van der Waals surface area contributed by atoms with Gasteiger partial charge < -0.3 is 11.1 Å². The number of nitrogen functional groups attached to an aromatic ring is 1. The van der Waals surface area contributed by atoms with Crippen molar-refractivity contribution in [1.82, 2.24) is 0 Å². The summed E-state index contributed by atoms with van der Waals surface area (Å²) in [6, 6.07) is 11.8. The van der Waals surface area contributed by atoms with Crippen LogP contribution in [0.15, 0.2) is 42.5 Å². The van der Waals surface area contributed by atoms with E-state index in [2.05, 4.69) is 11.4 Å². The average molecular weight is 292 g/mol. The van der Waals surface area contributed by atoms with Gasteiger partial charge >= 0.3 is 6.18 Å². The van der Waals surface area contributed by atoms with E-state index in [0.717, 1.165) is 12.5 Å². The molecule has 2 aromatic rings. The highest BCUT2D eigenvalue weighted by molar-refractivity contribution is 5.59. The first-order chi connectivity index (χ1) is 9.95. The lowest BCUT2D eigenvalue weighted by Gasteiger charge is -2.31. The van der Waals surface area contributed by atoms with E-state index in [1.165, 1.54) is 23.3 Å². The summed E-state index contributed by atoms with van der Waals surface area (Å²) in [7, 11) is 0. The van der Waals surface area contributed by atoms with Crippen LogP contribution in [0.4, 0.5) is 24.5 Å². The molecule has 0 aliphatic heterocycles. The second-order valence-corrected chi connectivity index (χ2v) is 5.28. The number of nitrogens with one attached hydrogen (secondary N) is 1. The Kier molecular flexibility index (Phi) is 3.27. The van der Waals surface area contributed by atoms with Gasteiger partial charge in [-0.2, -0.15) is 13.2 Å². The van der Waals surface area contributed by atoms with Crippen molar-refractivity contribution in [2.24, 2.45) is 0 Å². The molecule has 0 saturated heterocycles. The average Bonchev–Trinajstić information content (AvgIpc) is 2.40. The van der Waals surface area contributed by atoms with Crippen LogP contribution in [0, 0.1) is 0 Å². The van der Waals surface area contributed by atoms with E-state index in [9.17, 15) is 13.2 Å². The Labute approximate surface area is 120 Å². The van der Waals surface area contributed by atoms with Gasteiger partial charge in [-0.1, -0.05) is 24.3 Å². The van der Waals surface area contributed by atoms with Gasteiger partial charge in [0.15, 0.2) is 0 Å². The molecule has 1 unspecified atom stereocenters. The van der Waals surface area contributed by atoms with Crippen molar-refractivity contribution in [3.05, 3.63) is 59.2 Å². The molecule has 21 heavy (non-hydrogen) atoms. The zero-order chi connectivity index (χ0) is 15.0. The van der Waals surface area contributed by atoms with Gasteiger partial charge in [-0.3, -0.25) is 0 Å². The molecule has 110 valence electrons. The number of rotatable bonds is 3. The molecule has 0 aromatic heterocycles. The van der Waals surface area contributed by atoms with Crippen molar-refractivity contribution in [3.8, 4) is 0 Å². The third-order valence-electron chi connectivity index (χ3n) is 3.85. The second kappa shape index (κ2) is 4.98. The first-order valence-corrected chi connectivity index (χ1v) is 6.73. The Balaban J connectivity index is 1.75. The minimum Gasteiger partial charge on any atom is -0.399 e. The normalized spacial score (nSPS) is 17.0. The summed E-state index contributed by atoms with van der Waals surface area (Å²) in [5.74, 6) is 0.264. The summed E-state index contributed by atoms with van der Waals surface area (Å²) in [6.07, 6.45) is -3.51. The highest BCUT2D eigenvalue weighted by Crippen LogP contribution is 2.38. The number of fused-ring (bicyclic) bond motifs is 1. The standard InChI is InChI=1S/C16H15F3N2/c17-16(18,19)14-8-12(20)5-6-15(14)21-9-11-7-10-3-1-2-4-13(10)11/h1-6,8,11,21H,7,9,20H2. The number of benzene rings is 2. The first-order valence-electron chi connectivity index (χ1n) is 6.73. The summed E-state index contributed by atoms with van der Waals surface area (Å²) >= 11 is 0. The highest BCUT2D eigenvalue weighted by Gasteiger charge is 2.34. The van der Waals surface area contributed by atoms with Gasteiger partial charge in [0, 0.05) is 23.8 Å². The molecule has 3 N–H and O–H groups in total. The zero-order valence-electron chi connectivity index (χ0n) is 11.2. The van der Waals surface area contributed by atoms with Gasteiger partial charge in [0.05, 0.1) is 5.56 Å². The SMILES string of the molecule is Nc1ccc(NCC2Cc3ccccc32)c(C(F)(F)F)c1. The summed E-state index contributed by atoms with van der Waals surface area (Å²) in [5, 5.41) is 2.91. The maximum atomic E-state index is 13.0. The predicted molar refractivity (Wildman–Crippen MR) is 77.2 cm³/mol. The Morgan fingerprint density at radius 2 is 1.90 bits per heavy atom. The minimum absolute atomic E-state index is 0.0843. The number of hydrogen-bond acceptors (Lipinski definition) is 2. The Hall–Kier alpha value is -2.17. The fourth-order valence-electron chi connectivity index (χ4n) is 2.73. The molecule has 2 aromatic carbocycles. The molecule has 0 amide bonds. The van der Waals surface area contributed by atoms with Gasteiger partial charge in [0.2, 0.25) is 0 Å². The number of halogens is 3. The molecule has 0 bridgehead atoms. The van der Waals surface area contributed by atoms with Gasteiger partial charge in [0.1, 0.15) is 0 Å². The molecule has 2 nitrogen and oxygen atoms in total. The van der Waals surface area contributed by atoms with E-state index < -0.39 is 11.7 Å². The quantitative estimate of drug-likeness (QED) is 0.838. The molecule has 1 atom stereocenters. The van der Waals surface area contributed by atoms with E-state index in [4.69, 9.17) is 5.73 Å². The maximum absolute atomic E-state index is 13.0. The maximum Gasteiger partial charge on any atom is 0.418 e. The molecule has 5 heteroatoms. The van der Waals surface area contributed by atoms with Crippen molar-refractivity contribution in [1.29, 1.82) is 0 Å². The molecular formula is C16H15F3N2. The van der Waals surface area contributed by atoms with Crippen molar-refractivity contribution >= 4 is 11.4 Å². The fraction of sp³-hybridized carbons (Fsp3) is 0.250. The van der Waals surface area contributed by atoms with Crippen molar-refractivity contribution in [2.75, 3.05) is 17.6 Å². The first kappa shape index (κ1) is 13.8. The van der Waals surface area contributed by atoms with Crippen molar-refractivity contribution in [2.45, 2.75) is 18.5 Å². The molecule has 0 spiro atoms. The molecule has 0 fully saturated rings. The number of nitrogens with two attached hydrogens (primary N) is 1. The lowest BCUT2D eigenvalue weighted by atomic mass is 9.77. The predicted octanol–water partition coefficient (Wildman–Crippen LogP) is 4.04. The van der Waals surface area contributed by atoms with Crippen LogP contribution in [0.3, 0.4) is 0 Å². The van der Waals surface area contributed by atoms with E-state index >= 15 is 0 Å². The highest BCUT2D eigenvalue weighted by atomic mass is 19.4. The molecule has 0 radical (unpaired) electrons. The summed E-state index contributed by atoms with van der Waals surface area (Å²) in [4.78, 5) is 0. The van der Waals surface area contributed by atoms with E-state index in [1.807, 2.05) is 18.2 Å². The number of alkyl halides is 3. The lowest BCUT2D eigenvalue weighted by Crippen LogP contribution is -2.25. The number of anilines is 2. The van der Waals surface area contributed by atoms with Crippen LogP contribution >= 0.6 is 0 Å². The van der Waals surface area contributed by atoms with Crippen LogP contribution in [0.1, 0.15) is 22.6 Å². The van der Waals surface area contributed by atoms with Gasteiger partial charge in [0.25, 0.3) is 0 Å². The zero-order valence-corrected chi connectivity index (χ0v) is 11.2. The summed E-state index contributed by atoms with van der Waals surface area (Å²) < 4.78 is 39.0. The lowest BCUT2D eigenvalue weighted by molar-refractivity contribution is -0.136. The van der Waals surface area contributed by atoms with Gasteiger partial charge in [-0.05, 0) is 35.7 Å². The number of hydrogen-bond donors (Lipinski definition) is 2. The van der Waals surface area contributed by atoms with E-state index in [-0.39, 0.29) is 17.3 Å².